The van der Waals surface area contributed by atoms with Crippen molar-refractivity contribution < 1.29 is 0 Å². The van der Waals surface area contributed by atoms with E-state index in [1.807, 2.05) is 18.2 Å². The molecule has 0 aromatic heterocycles. The maximum absolute atomic E-state index is 5.53. The van der Waals surface area contributed by atoms with E-state index in [9.17, 15) is 0 Å². The zero-order chi connectivity index (χ0) is 11.4. The van der Waals surface area contributed by atoms with Crippen LogP contribution in [-0.4, -0.2) is 8.80 Å². The maximum atomic E-state index is 5.53. The van der Waals surface area contributed by atoms with Crippen molar-refractivity contribution in [3.05, 3.63) is 60.2 Å². The van der Waals surface area contributed by atoms with Gasteiger partial charge in [-0.15, -0.1) is 6.42 Å². The minimum absolute atomic E-state index is 0.729. The second-order valence-corrected chi connectivity index (χ2v) is 6.05. The number of terminal acetylenes is 1. The topological polar surface area (TPSA) is 0 Å². The van der Waals surface area contributed by atoms with E-state index in [0.717, 1.165) is 5.56 Å². The van der Waals surface area contributed by atoms with Gasteiger partial charge in [-0.3, -0.25) is 0 Å². The van der Waals surface area contributed by atoms with Gasteiger partial charge in [0.15, 0.2) is 0 Å². The van der Waals surface area contributed by atoms with Crippen LogP contribution in [0.4, 0.5) is 0 Å². The van der Waals surface area contributed by atoms with Crippen LogP contribution in [0.2, 0.25) is 6.55 Å². The molecular formula is C15H13Si. The highest BCUT2D eigenvalue weighted by molar-refractivity contribution is 6.84. The van der Waals surface area contributed by atoms with E-state index >= 15 is 0 Å². The van der Waals surface area contributed by atoms with Crippen molar-refractivity contribution in [1.29, 1.82) is 0 Å². The first-order chi connectivity index (χ1) is 7.83. The Hall–Kier alpha value is -1.78. The normalized spacial score (nSPS) is 10.1. The van der Waals surface area contributed by atoms with E-state index in [4.69, 9.17) is 6.42 Å². The van der Waals surface area contributed by atoms with Crippen LogP contribution in [0.3, 0.4) is 0 Å². The van der Waals surface area contributed by atoms with Gasteiger partial charge in [0.05, 0.1) is 0 Å². The molecule has 2 aromatic carbocycles. The lowest BCUT2D eigenvalue weighted by Gasteiger charge is -2.12. The molecular weight excluding hydrogens is 208 g/mol. The fourth-order valence-corrected chi connectivity index (χ4v) is 3.69. The van der Waals surface area contributed by atoms with Gasteiger partial charge in [-0.25, -0.2) is 0 Å². The Labute approximate surface area is 98.6 Å². The summed E-state index contributed by atoms with van der Waals surface area (Å²) in [5.74, 6) is 2.77. The summed E-state index contributed by atoms with van der Waals surface area (Å²) < 4.78 is 0. The monoisotopic (exact) mass is 221 g/mol. The van der Waals surface area contributed by atoms with Crippen LogP contribution in [0.1, 0.15) is 5.56 Å². The molecule has 2 rings (SSSR count). The van der Waals surface area contributed by atoms with Gasteiger partial charge in [0.25, 0.3) is 0 Å². The maximum Gasteiger partial charge on any atom is 0.119 e. The van der Waals surface area contributed by atoms with Gasteiger partial charge in [-0.2, -0.15) is 0 Å². The van der Waals surface area contributed by atoms with Crippen LogP contribution in [0.15, 0.2) is 54.6 Å². The quantitative estimate of drug-likeness (QED) is 0.537. The van der Waals surface area contributed by atoms with Crippen molar-refractivity contribution in [3.63, 3.8) is 0 Å². The van der Waals surface area contributed by atoms with E-state index < -0.39 is 8.80 Å². The first-order valence-corrected chi connectivity index (χ1v) is 7.28. The molecule has 16 heavy (non-hydrogen) atoms. The average molecular weight is 221 g/mol. The van der Waals surface area contributed by atoms with Crippen LogP contribution in [0.25, 0.3) is 0 Å². The molecule has 0 bridgehead atoms. The average Bonchev–Trinajstić information content (AvgIpc) is 2.39. The van der Waals surface area contributed by atoms with E-state index in [1.54, 1.807) is 0 Å². The molecule has 0 N–H and O–H groups in total. The third-order valence-electron chi connectivity index (χ3n) is 2.69. The van der Waals surface area contributed by atoms with Crippen LogP contribution < -0.4 is 10.4 Å². The third kappa shape index (κ3) is 2.08. The summed E-state index contributed by atoms with van der Waals surface area (Å²) in [6.45, 7) is 2.29. The van der Waals surface area contributed by atoms with Crippen molar-refractivity contribution >= 4 is 19.2 Å². The van der Waals surface area contributed by atoms with Crippen LogP contribution >= 0.6 is 0 Å². The highest BCUT2D eigenvalue weighted by atomic mass is 28.3. The molecule has 0 spiro atoms. The molecule has 1 radical (unpaired) electrons. The highest BCUT2D eigenvalue weighted by Crippen LogP contribution is 1.98. The van der Waals surface area contributed by atoms with Crippen LogP contribution in [0.5, 0.6) is 0 Å². The predicted octanol–water partition coefficient (Wildman–Crippen LogP) is 1.91. The molecule has 0 amide bonds. The molecule has 0 nitrogen and oxygen atoms in total. The summed E-state index contributed by atoms with van der Waals surface area (Å²) in [4.78, 5) is 0. The molecule has 1 heteroatoms. The first kappa shape index (κ1) is 10.7. The molecule has 0 aliphatic rings. The minimum atomic E-state index is -0.729. The summed E-state index contributed by atoms with van der Waals surface area (Å²) in [7, 11) is -0.729. The lowest BCUT2D eigenvalue weighted by atomic mass is 10.2. The van der Waals surface area contributed by atoms with Gasteiger partial charge in [0, 0.05) is 5.56 Å². The first-order valence-electron chi connectivity index (χ1n) is 5.28. The van der Waals surface area contributed by atoms with E-state index in [0.29, 0.717) is 0 Å². The number of hydrogen-bond donors (Lipinski definition) is 0. The van der Waals surface area contributed by atoms with E-state index in [2.05, 4.69) is 48.9 Å². The van der Waals surface area contributed by atoms with Crippen molar-refractivity contribution in [1.82, 2.24) is 0 Å². The molecule has 2 aromatic rings. The molecule has 0 saturated carbocycles. The van der Waals surface area contributed by atoms with Crippen molar-refractivity contribution in [2.45, 2.75) is 6.55 Å². The summed E-state index contributed by atoms with van der Waals surface area (Å²) in [5.41, 5.74) is 1.03. The van der Waals surface area contributed by atoms with E-state index in [1.165, 1.54) is 10.4 Å². The molecule has 77 valence electrons. The van der Waals surface area contributed by atoms with Crippen molar-refractivity contribution in [3.8, 4) is 12.3 Å². The van der Waals surface area contributed by atoms with Crippen molar-refractivity contribution in [2.24, 2.45) is 0 Å². The fraction of sp³-hybridized carbons (Fsp3) is 0.0667. The van der Waals surface area contributed by atoms with Crippen molar-refractivity contribution in [2.75, 3.05) is 0 Å². The minimum Gasteiger partial charge on any atom is -0.115 e. The summed E-state index contributed by atoms with van der Waals surface area (Å²) in [5, 5.41) is 2.72. The third-order valence-corrected chi connectivity index (χ3v) is 5.14. The zero-order valence-corrected chi connectivity index (χ0v) is 10.3. The fourth-order valence-electron chi connectivity index (χ4n) is 1.78. The lowest BCUT2D eigenvalue weighted by Crippen LogP contribution is -2.40. The number of benzene rings is 2. The Bertz CT molecular complexity index is 508. The Morgan fingerprint density at radius 2 is 1.56 bits per heavy atom. The second kappa shape index (κ2) is 4.83. The largest absolute Gasteiger partial charge is 0.119 e. The molecule has 0 fully saturated rings. The molecule has 0 atom stereocenters. The Morgan fingerprint density at radius 3 is 2.25 bits per heavy atom. The van der Waals surface area contributed by atoms with Gasteiger partial charge < -0.3 is 0 Å². The second-order valence-electron chi connectivity index (χ2n) is 3.68. The number of hydrogen-bond acceptors (Lipinski definition) is 0. The Balaban J connectivity index is 2.42. The van der Waals surface area contributed by atoms with Gasteiger partial charge in [-0.1, -0.05) is 66.2 Å². The zero-order valence-electron chi connectivity index (χ0n) is 9.27. The Morgan fingerprint density at radius 1 is 0.938 bits per heavy atom. The lowest BCUT2D eigenvalue weighted by molar-refractivity contribution is 1.68. The predicted molar refractivity (Wildman–Crippen MR) is 71.7 cm³/mol. The molecule has 0 heterocycles. The SMILES string of the molecule is C#Cc1ccccc1[Si](C)c1ccccc1. The summed E-state index contributed by atoms with van der Waals surface area (Å²) >= 11 is 0. The van der Waals surface area contributed by atoms with Gasteiger partial charge in [0.1, 0.15) is 8.80 Å². The summed E-state index contributed by atoms with van der Waals surface area (Å²) in [6.07, 6.45) is 5.53. The number of rotatable bonds is 2. The standard InChI is InChI=1S/C15H13Si/c1-3-13-9-7-8-12-15(13)16(2)14-10-5-4-6-11-14/h1,4-12H,2H3. The molecule has 0 aliphatic heterocycles. The molecule has 0 unspecified atom stereocenters. The van der Waals surface area contributed by atoms with E-state index in [-0.39, 0.29) is 0 Å². The summed E-state index contributed by atoms with van der Waals surface area (Å²) in [6, 6.07) is 18.8. The van der Waals surface area contributed by atoms with Gasteiger partial charge in [0.2, 0.25) is 0 Å². The smallest absolute Gasteiger partial charge is 0.115 e. The van der Waals surface area contributed by atoms with Gasteiger partial charge in [-0.05, 0) is 11.3 Å². The van der Waals surface area contributed by atoms with Crippen LogP contribution in [0, 0.1) is 12.3 Å². The molecule has 0 saturated heterocycles. The highest BCUT2D eigenvalue weighted by Gasteiger charge is 2.12. The Kier molecular flexibility index (Phi) is 3.24. The van der Waals surface area contributed by atoms with Crippen LogP contribution in [-0.2, 0) is 0 Å². The van der Waals surface area contributed by atoms with Gasteiger partial charge >= 0.3 is 0 Å². The molecule has 0 aliphatic carbocycles.